The van der Waals surface area contributed by atoms with Gasteiger partial charge in [-0.25, -0.2) is 4.39 Å². The number of unbranched alkanes of at least 4 members (excludes halogenated alkanes) is 1. The van der Waals surface area contributed by atoms with Crippen LogP contribution >= 0.6 is 0 Å². The molecule has 1 heterocycles. The fraction of sp³-hybridized carbons (Fsp3) is 0.667. The van der Waals surface area contributed by atoms with Gasteiger partial charge in [-0.1, -0.05) is 26.3 Å². The van der Waals surface area contributed by atoms with Crippen LogP contribution in [0.5, 0.6) is 0 Å². The molecule has 1 aliphatic heterocycles. The maximum absolute atomic E-state index is 14.4. The highest BCUT2D eigenvalue weighted by Crippen LogP contribution is 2.27. The largest absolute Gasteiger partial charge is 0.369 e. The van der Waals surface area contributed by atoms with Gasteiger partial charge in [0.1, 0.15) is 5.82 Å². The highest BCUT2D eigenvalue weighted by Gasteiger charge is 2.19. The van der Waals surface area contributed by atoms with Crippen molar-refractivity contribution in [3.8, 4) is 0 Å². The molecule has 1 N–H and O–H groups in total. The highest BCUT2D eigenvalue weighted by atomic mass is 19.1. The van der Waals surface area contributed by atoms with Crippen LogP contribution in [0.3, 0.4) is 0 Å². The van der Waals surface area contributed by atoms with Crippen LogP contribution in [0.25, 0.3) is 0 Å². The van der Waals surface area contributed by atoms with E-state index < -0.39 is 0 Å². The number of hydrogen-bond donors (Lipinski definition) is 1. The number of halogens is 1. The van der Waals surface area contributed by atoms with Crippen molar-refractivity contribution in [1.29, 1.82) is 0 Å². The van der Waals surface area contributed by atoms with Crippen LogP contribution < -0.4 is 10.2 Å². The molecule has 0 bridgehead atoms. The lowest BCUT2D eigenvalue weighted by Crippen LogP contribution is -2.34. The van der Waals surface area contributed by atoms with E-state index in [1.807, 2.05) is 6.07 Å². The van der Waals surface area contributed by atoms with Crippen molar-refractivity contribution in [2.24, 2.45) is 5.92 Å². The summed E-state index contributed by atoms with van der Waals surface area (Å²) in [6, 6.07) is 5.95. The zero-order valence-electron chi connectivity index (χ0n) is 13.7. The molecule has 1 aromatic rings. The van der Waals surface area contributed by atoms with Crippen molar-refractivity contribution < 1.29 is 4.39 Å². The van der Waals surface area contributed by atoms with Crippen LogP contribution in [0, 0.1) is 11.7 Å². The third-order valence-corrected chi connectivity index (χ3v) is 4.45. The predicted octanol–water partition coefficient (Wildman–Crippen LogP) is 4.51. The molecule has 2 nitrogen and oxygen atoms in total. The van der Waals surface area contributed by atoms with E-state index in [2.05, 4.69) is 37.1 Å². The number of anilines is 1. The summed E-state index contributed by atoms with van der Waals surface area (Å²) in [5, 5.41) is 3.45. The Morgan fingerprint density at radius 3 is 2.90 bits per heavy atom. The van der Waals surface area contributed by atoms with E-state index in [1.54, 1.807) is 6.07 Å². The lowest BCUT2D eigenvalue weighted by molar-refractivity contribution is 0.442. The molecule has 2 rings (SSSR count). The van der Waals surface area contributed by atoms with Crippen LogP contribution in [-0.2, 0) is 0 Å². The number of piperidine rings is 1. The first-order valence-corrected chi connectivity index (χ1v) is 8.39. The summed E-state index contributed by atoms with van der Waals surface area (Å²) >= 11 is 0. The fourth-order valence-electron chi connectivity index (χ4n) is 3.07. The second kappa shape index (κ2) is 7.79. The van der Waals surface area contributed by atoms with E-state index >= 15 is 0 Å². The number of hydrogen-bond acceptors (Lipinski definition) is 2. The Labute approximate surface area is 128 Å². The molecule has 1 aromatic carbocycles. The number of nitrogens with zero attached hydrogens (tertiary/aromatic N) is 1. The SMILES string of the molecule is CCCCN[C@H](C)c1ccc(N2CCC[C@@H](C)C2)c(F)c1. The maximum atomic E-state index is 14.4. The van der Waals surface area contributed by atoms with Gasteiger partial charge in [-0.2, -0.15) is 0 Å². The molecule has 0 spiro atoms. The summed E-state index contributed by atoms with van der Waals surface area (Å²) in [6.07, 6.45) is 4.77. The van der Waals surface area contributed by atoms with Crippen molar-refractivity contribution in [3.63, 3.8) is 0 Å². The molecule has 0 aliphatic carbocycles. The first-order chi connectivity index (χ1) is 10.1. The summed E-state index contributed by atoms with van der Waals surface area (Å²) in [5.74, 6) is 0.582. The second-order valence-corrected chi connectivity index (χ2v) is 6.43. The zero-order chi connectivity index (χ0) is 15.2. The molecule has 21 heavy (non-hydrogen) atoms. The van der Waals surface area contributed by atoms with E-state index in [4.69, 9.17) is 0 Å². The normalized spacial score (nSPS) is 20.6. The van der Waals surface area contributed by atoms with Gasteiger partial charge in [0.25, 0.3) is 0 Å². The topological polar surface area (TPSA) is 15.3 Å². The maximum Gasteiger partial charge on any atom is 0.146 e. The third kappa shape index (κ3) is 4.44. The van der Waals surface area contributed by atoms with Gasteiger partial charge in [0.05, 0.1) is 5.69 Å². The van der Waals surface area contributed by atoms with E-state index in [1.165, 1.54) is 12.8 Å². The lowest BCUT2D eigenvalue weighted by Gasteiger charge is -2.33. The molecule has 0 aromatic heterocycles. The molecule has 1 aliphatic rings. The van der Waals surface area contributed by atoms with Gasteiger partial charge < -0.3 is 10.2 Å². The molecule has 0 saturated carbocycles. The van der Waals surface area contributed by atoms with Gasteiger partial charge in [-0.15, -0.1) is 0 Å². The minimum atomic E-state index is -0.0780. The average Bonchev–Trinajstić information content (AvgIpc) is 2.47. The molecular formula is C18H29FN2. The minimum Gasteiger partial charge on any atom is -0.369 e. The highest BCUT2D eigenvalue weighted by molar-refractivity contribution is 5.50. The predicted molar refractivity (Wildman–Crippen MR) is 88.3 cm³/mol. The van der Waals surface area contributed by atoms with E-state index in [-0.39, 0.29) is 11.9 Å². The second-order valence-electron chi connectivity index (χ2n) is 6.43. The molecular weight excluding hydrogens is 263 g/mol. The lowest BCUT2D eigenvalue weighted by atomic mass is 9.99. The Balaban J connectivity index is 2.02. The smallest absolute Gasteiger partial charge is 0.146 e. The monoisotopic (exact) mass is 292 g/mol. The Morgan fingerprint density at radius 2 is 2.24 bits per heavy atom. The van der Waals surface area contributed by atoms with Gasteiger partial charge in [0.15, 0.2) is 0 Å². The molecule has 1 saturated heterocycles. The zero-order valence-corrected chi connectivity index (χ0v) is 13.7. The summed E-state index contributed by atoms with van der Waals surface area (Å²) < 4.78 is 14.4. The quantitative estimate of drug-likeness (QED) is 0.776. The fourth-order valence-corrected chi connectivity index (χ4v) is 3.07. The summed E-state index contributed by atoms with van der Waals surface area (Å²) in [5.41, 5.74) is 1.81. The van der Waals surface area contributed by atoms with Gasteiger partial charge >= 0.3 is 0 Å². The Kier molecular flexibility index (Phi) is 6.04. The summed E-state index contributed by atoms with van der Waals surface area (Å²) in [6.45, 7) is 9.47. The Bertz CT molecular complexity index is 447. The third-order valence-electron chi connectivity index (χ3n) is 4.45. The molecule has 118 valence electrons. The van der Waals surface area contributed by atoms with E-state index in [0.29, 0.717) is 5.92 Å². The molecule has 2 atom stereocenters. The molecule has 0 unspecified atom stereocenters. The number of benzene rings is 1. The van der Waals surface area contributed by atoms with Crippen molar-refractivity contribution in [2.45, 2.75) is 52.5 Å². The van der Waals surface area contributed by atoms with E-state index in [0.717, 1.165) is 43.7 Å². The standard InChI is InChI=1S/C18H29FN2/c1-4-5-10-20-15(3)16-8-9-18(17(19)12-16)21-11-6-7-14(2)13-21/h8-9,12,14-15,20H,4-7,10-11,13H2,1-3H3/t14-,15-/m1/s1. The Morgan fingerprint density at radius 1 is 1.43 bits per heavy atom. The van der Waals surface area contributed by atoms with Crippen LogP contribution in [0.15, 0.2) is 18.2 Å². The summed E-state index contributed by atoms with van der Waals surface area (Å²) in [4.78, 5) is 2.20. The van der Waals surface area contributed by atoms with Crippen LogP contribution in [0.2, 0.25) is 0 Å². The minimum absolute atomic E-state index is 0.0780. The van der Waals surface area contributed by atoms with Crippen LogP contribution in [0.4, 0.5) is 10.1 Å². The van der Waals surface area contributed by atoms with Crippen LogP contribution in [0.1, 0.15) is 58.1 Å². The number of rotatable bonds is 6. The van der Waals surface area contributed by atoms with Gasteiger partial charge in [0, 0.05) is 19.1 Å². The van der Waals surface area contributed by atoms with Gasteiger partial charge in [-0.3, -0.25) is 0 Å². The van der Waals surface area contributed by atoms with Crippen molar-refractivity contribution >= 4 is 5.69 Å². The number of nitrogens with one attached hydrogen (secondary N) is 1. The molecule has 0 amide bonds. The molecule has 0 radical (unpaired) electrons. The average molecular weight is 292 g/mol. The van der Waals surface area contributed by atoms with Gasteiger partial charge in [-0.05, 0) is 56.3 Å². The van der Waals surface area contributed by atoms with Crippen molar-refractivity contribution in [2.75, 3.05) is 24.5 Å². The first kappa shape index (κ1) is 16.3. The van der Waals surface area contributed by atoms with E-state index in [9.17, 15) is 4.39 Å². The van der Waals surface area contributed by atoms with Crippen molar-refractivity contribution in [1.82, 2.24) is 5.32 Å². The molecule has 3 heteroatoms. The molecule has 1 fully saturated rings. The summed E-state index contributed by atoms with van der Waals surface area (Å²) in [7, 11) is 0. The van der Waals surface area contributed by atoms with Crippen molar-refractivity contribution in [3.05, 3.63) is 29.6 Å². The Hall–Kier alpha value is -1.09. The van der Waals surface area contributed by atoms with Gasteiger partial charge in [0.2, 0.25) is 0 Å². The first-order valence-electron chi connectivity index (χ1n) is 8.39. The van der Waals surface area contributed by atoms with Crippen LogP contribution in [-0.4, -0.2) is 19.6 Å².